The van der Waals surface area contributed by atoms with E-state index in [0.717, 1.165) is 22.5 Å². The van der Waals surface area contributed by atoms with E-state index in [1.165, 1.54) is 12.1 Å². The number of esters is 1. The molecule has 1 N–H and O–H groups in total. The maximum absolute atomic E-state index is 14.3. The minimum Gasteiger partial charge on any atom is -0.454 e. The number of nitrogens with zero attached hydrogens (tertiary/aromatic N) is 2. The van der Waals surface area contributed by atoms with Crippen LogP contribution in [0.3, 0.4) is 0 Å². The van der Waals surface area contributed by atoms with Crippen LogP contribution in [0.5, 0.6) is 0 Å². The molecule has 2 heterocycles. The van der Waals surface area contributed by atoms with Gasteiger partial charge >= 0.3 is 5.97 Å². The number of sulfonamides is 1. The summed E-state index contributed by atoms with van der Waals surface area (Å²) in [5.41, 5.74) is -0.268. The number of rotatable bonds is 5. The SMILES string of the molecule is O=C(OCc1nc2cc(Cl)ccc2c(=O)[nH]1)c1ccc(F)c(S(=O)(=O)N2CCOCC2)c1. The van der Waals surface area contributed by atoms with Crippen molar-refractivity contribution in [3.63, 3.8) is 0 Å². The van der Waals surface area contributed by atoms with Crippen molar-refractivity contribution in [1.82, 2.24) is 14.3 Å². The second kappa shape index (κ2) is 8.94. The van der Waals surface area contributed by atoms with Gasteiger partial charge in [-0.05, 0) is 36.4 Å². The smallest absolute Gasteiger partial charge is 0.338 e. The Morgan fingerprint density at radius 2 is 1.97 bits per heavy atom. The normalized spacial score (nSPS) is 15.1. The molecular formula is C20H17ClFN3O6S. The maximum Gasteiger partial charge on any atom is 0.338 e. The van der Waals surface area contributed by atoms with E-state index in [0.29, 0.717) is 15.9 Å². The molecule has 2 aromatic carbocycles. The van der Waals surface area contributed by atoms with Crippen LogP contribution in [0.15, 0.2) is 46.1 Å². The van der Waals surface area contributed by atoms with E-state index in [2.05, 4.69) is 9.97 Å². The third-order valence-electron chi connectivity index (χ3n) is 4.81. The fourth-order valence-electron chi connectivity index (χ4n) is 3.20. The molecule has 0 aliphatic carbocycles. The van der Waals surface area contributed by atoms with Gasteiger partial charge in [0.2, 0.25) is 10.0 Å². The van der Waals surface area contributed by atoms with Crippen LogP contribution in [-0.4, -0.2) is 55.0 Å². The van der Waals surface area contributed by atoms with Crippen LogP contribution >= 0.6 is 11.6 Å². The van der Waals surface area contributed by atoms with E-state index in [-0.39, 0.29) is 44.3 Å². The summed E-state index contributed by atoms with van der Waals surface area (Å²) in [6.07, 6.45) is 0. The lowest BCUT2D eigenvalue weighted by Crippen LogP contribution is -2.41. The quantitative estimate of drug-likeness (QED) is 0.554. The van der Waals surface area contributed by atoms with Gasteiger partial charge in [0.15, 0.2) is 0 Å². The molecule has 0 bridgehead atoms. The monoisotopic (exact) mass is 481 g/mol. The van der Waals surface area contributed by atoms with Gasteiger partial charge in [-0.2, -0.15) is 4.31 Å². The summed E-state index contributed by atoms with van der Waals surface area (Å²) >= 11 is 5.92. The number of carbonyl (C=O) groups excluding carboxylic acids is 1. The van der Waals surface area contributed by atoms with Gasteiger partial charge in [-0.1, -0.05) is 11.6 Å². The first-order valence-corrected chi connectivity index (χ1v) is 11.3. The molecule has 0 amide bonds. The van der Waals surface area contributed by atoms with E-state index in [1.54, 1.807) is 6.07 Å². The van der Waals surface area contributed by atoms with Gasteiger partial charge in [-0.25, -0.2) is 22.6 Å². The molecule has 0 radical (unpaired) electrons. The molecule has 168 valence electrons. The van der Waals surface area contributed by atoms with Crippen LogP contribution in [0.2, 0.25) is 5.02 Å². The average Bonchev–Trinajstić information content (AvgIpc) is 2.78. The van der Waals surface area contributed by atoms with Crippen molar-refractivity contribution in [2.24, 2.45) is 0 Å². The lowest BCUT2D eigenvalue weighted by atomic mass is 10.2. The Bertz CT molecular complexity index is 1360. The number of halogens is 2. The van der Waals surface area contributed by atoms with Gasteiger partial charge in [0, 0.05) is 18.1 Å². The number of fused-ring (bicyclic) bond motifs is 1. The summed E-state index contributed by atoms with van der Waals surface area (Å²) in [4.78, 5) is 30.7. The van der Waals surface area contributed by atoms with E-state index in [4.69, 9.17) is 21.1 Å². The first-order valence-electron chi connectivity index (χ1n) is 9.49. The second-order valence-corrected chi connectivity index (χ2v) is 9.25. The number of benzene rings is 2. The zero-order valence-corrected chi connectivity index (χ0v) is 18.1. The molecule has 12 heteroatoms. The Morgan fingerprint density at radius 1 is 1.22 bits per heavy atom. The van der Waals surface area contributed by atoms with Gasteiger partial charge in [0.05, 0.1) is 29.7 Å². The molecule has 9 nitrogen and oxygen atoms in total. The predicted molar refractivity (Wildman–Crippen MR) is 112 cm³/mol. The number of aromatic nitrogens is 2. The number of aromatic amines is 1. The predicted octanol–water partition coefficient (Wildman–Crippen LogP) is 2.09. The van der Waals surface area contributed by atoms with Crippen LogP contribution < -0.4 is 5.56 Å². The number of ether oxygens (including phenoxy) is 2. The van der Waals surface area contributed by atoms with E-state index >= 15 is 0 Å². The largest absolute Gasteiger partial charge is 0.454 e. The molecule has 1 aliphatic heterocycles. The highest BCUT2D eigenvalue weighted by atomic mass is 35.5. The van der Waals surface area contributed by atoms with Gasteiger partial charge < -0.3 is 14.5 Å². The summed E-state index contributed by atoms with van der Waals surface area (Å²) in [6.45, 7) is 0.178. The molecule has 1 aliphatic rings. The van der Waals surface area contributed by atoms with Crippen molar-refractivity contribution in [2.75, 3.05) is 26.3 Å². The first-order chi connectivity index (χ1) is 15.3. The summed E-state index contributed by atoms with van der Waals surface area (Å²) in [5.74, 6) is -1.82. The van der Waals surface area contributed by atoms with Crippen LogP contribution in [0.1, 0.15) is 16.2 Å². The topological polar surface area (TPSA) is 119 Å². The molecule has 1 aromatic heterocycles. The van der Waals surface area contributed by atoms with Gasteiger partial charge in [0.1, 0.15) is 23.1 Å². The van der Waals surface area contributed by atoms with Crippen molar-refractivity contribution in [3.05, 3.63) is 69.0 Å². The van der Waals surface area contributed by atoms with E-state index in [1.807, 2.05) is 0 Å². The van der Waals surface area contributed by atoms with Crippen LogP contribution in [0, 0.1) is 5.82 Å². The van der Waals surface area contributed by atoms with E-state index in [9.17, 15) is 22.4 Å². The minimum absolute atomic E-state index is 0.0707. The summed E-state index contributed by atoms with van der Waals surface area (Å²) < 4.78 is 51.2. The summed E-state index contributed by atoms with van der Waals surface area (Å²) in [5, 5.41) is 0.708. The fourth-order valence-corrected chi connectivity index (χ4v) is 4.87. The third-order valence-corrected chi connectivity index (χ3v) is 6.96. The molecule has 4 rings (SSSR count). The standard InChI is InChI=1S/C20H17ClFN3O6S/c21-13-2-3-14-16(10-13)23-18(24-19(14)26)11-31-20(27)12-1-4-15(22)17(9-12)32(28,29)25-5-7-30-8-6-25/h1-4,9-10H,5-8,11H2,(H,23,24,26). The van der Waals surface area contributed by atoms with Crippen molar-refractivity contribution >= 4 is 38.5 Å². The van der Waals surface area contributed by atoms with Crippen LogP contribution in [0.4, 0.5) is 4.39 Å². The lowest BCUT2D eigenvalue weighted by Gasteiger charge is -2.26. The zero-order chi connectivity index (χ0) is 22.9. The number of carbonyl (C=O) groups is 1. The van der Waals surface area contributed by atoms with Crippen molar-refractivity contribution in [2.45, 2.75) is 11.5 Å². The third kappa shape index (κ3) is 4.51. The highest BCUT2D eigenvalue weighted by Crippen LogP contribution is 2.22. The lowest BCUT2D eigenvalue weighted by molar-refractivity contribution is 0.0462. The number of H-pyrrole nitrogens is 1. The second-order valence-electron chi connectivity index (χ2n) is 6.91. The molecule has 0 saturated carbocycles. The zero-order valence-electron chi connectivity index (χ0n) is 16.5. The Morgan fingerprint density at radius 3 is 2.72 bits per heavy atom. The Labute approximate surface area is 186 Å². The Balaban J connectivity index is 1.55. The molecule has 32 heavy (non-hydrogen) atoms. The maximum atomic E-state index is 14.3. The Hall–Kier alpha value is -2.86. The molecule has 0 unspecified atom stereocenters. The number of hydrogen-bond acceptors (Lipinski definition) is 7. The highest BCUT2D eigenvalue weighted by molar-refractivity contribution is 7.89. The van der Waals surface area contributed by atoms with Crippen molar-refractivity contribution in [1.29, 1.82) is 0 Å². The first kappa shape index (κ1) is 22.3. The van der Waals surface area contributed by atoms with Crippen molar-refractivity contribution in [3.8, 4) is 0 Å². The molecular weight excluding hydrogens is 465 g/mol. The highest BCUT2D eigenvalue weighted by Gasteiger charge is 2.30. The Kier molecular flexibility index (Phi) is 6.24. The number of morpholine rings is 1. The number of nitrogens with one attached hydrogen (secondary N) is 1. The van der Waals surface area contributed by atoms with Gasteiger partial charge in [-0.15, -0.1) is 0 Å². The molecule has 0 spiro atoms. The van der Waals surface area contributed by atoms with Gasteiger partial charge in [0.25, 0.3) is 5.56 Å². The van der Waals surface area contributed by atoms with Crippen molar-refractivity contribution < 1.29 is 27.1 Å². The minimum atomic E-state index is -4.15. The molecule has 3 aromatic rings. The van der Waals surface area contributed by atoms with E-state index < -0.39 is 32.3 Å². The summed E-state index contributed by atoms with van der Waals surface area (Å²) in [7, 11) is -4.15. The van der Waals surface area contributed by atoms with Crippen LogP contribution in [-0.2, 0) is 26.1 Å². The number of hydrogen-bond donors (Lipinski definition) is 1. The molecule has 1 saturated heterocycles. The molecule has 0 atom stereocenters. The summed E-state index contributed by atoms with van der Waals surface area (Å²) in [6, 6.07) is 7.51. The molecule has 1 fully saturated rings. The fraction of sp³-hybridized carbons (Fsp3) is 0.250. The van der Waals surface area contributed by atoms with Crippen LogP contribution in [0.25, 0.3) is 10.9 Å². The van der Waals surface area contributed by atoms with Gasteiger partial charge in [-0.3, -0.25) is 4.79 Å². The average molecular weight is 482 g/mol.